The van der Waals surface area contributed by atoms with Crippen LogP contribution in [-0.4, -0.2) is 36.2 Å². The molecule has 4 rings (SSSR count). The molecule has 0 saturated carbocycles. The highest BCUT2D eigenvalue weighted by atomic mass is 19.1. The van der Waals surface area contributed by atoms with Crippen LogP contribution in [0, 0.1) is 5.82 Å². The molecule has 0 radical (unpaired) electrons. The third-order valence-corrected chi connectivity index (χ3v) is 4.55. The van der Waals surface area contributed by atoms with E-state index in [-0.39, 0.29) is 24.5 Å². The number of carbonyl (C=O) groups is 2. The SMILES string of the molecule is O=C(Nc1ccc2c(c1)OCO2)C1CCCN1C(=O)Nc1ccc(F)cc1. The van der Waals surface area contributed by atoms with Crippen molar-refractivity contribution in [2.45, 2.75) is 18.9 Å². The largest absolute Gasteiger partial charge is 0.454 e. The summed E-state index contributed by atoms with van der Waals surface area (Å²) >= 11 is 0. The summed E-state index contributed by atoms with van der Waals surface area (Å²) in [6.07, 6.45) is 1.31. The summed E-state index contributed by atoms with van der Waals surface area (Å²) < 4.78 is 23.5. The van der Waals surface area contributed by atoms with Gasteiger partial charge in [-0.2, -0.15) is 0 Å². The van der Waals surface area contributed by atoms with Gasteiger partial charge in [-0.15, -0.1) is 0 Å². The van der Waals surface area contributed by atoms with Crippen LogP contribution in [0.15, 0.2) is 42.5 Å². The van der Waals surface area contributed by atoms with Crippen LogP contribution in [0.5, 0.6) is 11.5 Å². The van der Waals surface area contributed by atoms with E-state index in [0.29, 0.717) is 35.8 Å². The molecule has 8 heteroatoms. The second-order valence-electron chi connectivity index (χ2n) is 6.35. The van der Waals surface area contributed by atoms with Crippen molar-refractivity contribution >= 4 is 23.3 Å². The van der Waals surface area contributed by atoms with Crippen LogP contribution in [0.3, 0.4) is 0 Å². The van der Waals surface area contributed by atoms with Gasteiger partial charge in [0.05, 0.1) is 0 Å². The molecule has 1 fully saturated rings. The van der Waals surface area contributed by atoms with Gasteiger partial charge < -0.3 is 25.0 Å². The van der Waals surface area contributed by atoms with E-state index in [1.807, 2.05) is 0 Å². The molecule has 2 aromatic rings. The van der Waals surface area contributed by atoms with Crippen molar-refractivity contribution in [3.8, 4) is 11.5 Å². The Bertz CT molecular complexity index is 872. The minimum absolute atomic E-state index is 0.159. The zero-order chi connectivity index (χ0) is 18.8. The summed E-state index contributed by atoms with van der Waals surface area (Å²) in [5.74, 6) is 0.565. The number of carbonyl (C=O) groups excluding carboxylic acids is 2. The smallest absolute Gasteiger partial charge is 0.322 e. The van der Waals surface area contributed by atoms with E-state index in [0.717, 1.165) is 6.42 Å². The number of hydrogen-bond acceptors (Lipinski definition) is 4. The molecule has 0 spiro atoms. The summed E-state index contributed by atoms with van der Waals surface area (Å²) in [5.41, 5.74) is 1.05. The van der Waals surface area contributed by atoms with E-state index < -0.39 is 6.04 Å². The second kappa shape index (κ2) is 7.14. The van der Waals surface area contributed by atoms with Gasteiger partial charge in [0.25, 0.3) is 0 Å². The Kier molecular flexibility index (Phi) is 4.53. The van der Waals surface area contributed by atoms with Crippen molar-refractivity contribution in [3.63, 3.8) is 0 Å². The summed E-state index contributed by atoms with van der Waals surface area (Å²) in [6.45, 7) is 0.638. The number of nitrogens with zero attached hydrogens (tertiary/aromatic N) is 1. The van der Waals surface area contributed by atoms with Gasteiger partial charge in [0.1, 0.15) is 11.9 Å². The normalized spacial score (nSPS) is 17.7. The van der Waals surface area contributed by atoms with Crippen LogP contribution in [0.1, 0.15) is 12.8 Å². The number of rotatable bonds is 3. The summed E-state index contributed by atoms with van der Waals surface area (Å²) in [7, 11) is 0. The molecular formula is C19H18FN3O4. The van der Waals surface area contributed by atoms with Gasteiger partial charge in [-0.1, -0.05) is 0 Å². The number of urea groups is 1. The number of fused-ring (bicyclic) bond motifs is 1. The Morgan fingerprint density at radius 3 is 2.56 bits per heavy atom. The molecule has 0 bridgehead atoms. The van der Waals surface area contributed by atoms with E-state index in [4.69, 9.17) is 9.47 Å². The zero-order valence-electron chi connectivity index (χ0n) is 14.4. The van der Waals surface area contributed by atoms with Crippen molar-refractivity contribution < 1.29 is 23.5 Å². The molecule has 7 nitrogen and oxygen atoms in total. The lowest BCUT2D eigenvalue weighted by Crippen LogP contribution is -2.45. The highest BCUT2D eigenvalue weighted by molar-refractivity contribution is 5.99. The first-order valence-corrected chi connectivity index (χ1v) is 8.64. The van der Waals surface area contributed by atoms with Crippen LogP contribution in [0.2, 0.25) is 0 Å². The molecular weight excluding hydrogens is 353 g/mol. The van der Waals surface area contributed by atoms with Gasteiger partial charge in [-0.25, -0.2) is 9.18 Å². The molecule has 2 heterocycles. The Morgan fingerprint density at radius 2 is 1.74 bits per heavy atom. The molecule has 1 atom stereocenters. The molecule has 2 aliphatic rings. The van der Waals surface area contributed by atoms with Crippen LogP contribution in [0.4, 0.5) is 20.6 Å². The van der Waals surface area contributed by atoms with Gasteiger partial charge >= 0.3 is 6.03 Å². The van der Waals surface area contributed by atoms with Crippen molar-refractivity contribution in [2.75, 3.05) is 24.0 Å². The maximum atomic E-state index is 13.0. The fourth-order valence-electron chi connectivity index (χ4n) is 3.21. The second-order valence-corrected chi connectivity index (χ2v) is 6.35. The minimum atomic E-state index is -0.573. The molecule has 1 unspecified atom stereocenters. The molecule has 1 saturated heterocycles. The van der Waals surface area contributed by atoms with Gasteiger partial charge in [0.15, 0.2) is 11.5 Å². The zero-order valence-corrected chi connectivity index (χ0v) is 14.4. The van der Waals surface area contributed by atoms with Gasteiger partial charge in [0, 0.05) is 24.0 Å². The van der Waals surface area contributed by atoms with Crippen LogP contribution in [0.25, 0.3) is 0 Å². The number of nitrogens with one attached hydrogen (secondary N) is 2. The van der Waals surface area contributed by atoms with E-state index in [1.165, 1.54) is 29.2 Å². The molecule has 3 amide bonds. The number of halogens is 1. The number of likely N-dealkylation sites (tertiary alicyclic amines) is 1. The monoisotopic (exact) mass is 371 g/mol. The van der Waals surface area contributed by atoms with Crippen molar-refractivity contribution in [1.82, 2.24) is 4.90 Å². The Morgan fingerprint density at radius 1 is 1.00 bits per heavy atom. The highest BCUT2D eigenvalue weighted by Gasteiger charge is 2.34. The number of anilines is 2. The lowest BCUT2D eigenvalue weighted by atomic mass is 10.2. The first kappa shape index (κ1) is 17.1. The molecule has 0 aromatic heterocycles. The topological polar surface area (TPSA) is 79.9 Å². The predicted molar refractivity (Wildman–Crippen MR) is 96.3 cm³/mol. The third-order valence-electron chi connectivity index (χ3n) is 4.55. The van der Waals surface area contributed by atoms with E-state index in [1.54, 1.807) is 18.2 Å². The fraction of sp³-hybridized carbons (Fsp3) is 0.263. The lowest BCUT2D eigenvalue weighted by molar-refractivity contribution is -0.119. The van der Waals surface area contributed by atoms with Crippen molar-refractivity contribution in [3.05, 3.63) is 48.3 Å². The number of amides is 3. The van der Waals surface area contributed by atoms with E-state index >= 15 is 0 Å². The summed E-state index contributed by atoms with van der Waals surface area (Å²) in [6, 6.07) is 9.68. The molecule has 2 N–H and O–H groups in total. The summed E-state index contributed by atoms with van der Waals surface area (Å²) in [4.78, 5) is 26.7. The average Bonchev–Trinajstić information content (AvgIpc) is 3.32. The maximum Gasteiger partial charge on any atom is 0.322 e. The van der Waals surface area contributed by atoms with E-state index in [9.17, 15) is 14.0 Å². The maximum absolute atomic E-state index is 13.0. The molecule has 2 aliphatic heterocycles. The molecule has 27 heavy (non-hydrogen) atoms. The summed E-state index contributed by atoms with van der Waals surface area (Å²) in [5, 5.41) is 5.52. The standard InChI is InChI=1S/C19H18FN3O4/c20-12-3-5-13(6-4-12)22-19(25)23-9-1-2-15(23)18(24)21-14-7-8-16-17(10-14)27-11-26-16/h3-8,10,15H,1-2,9,11H2,(H,21,24)(H,22,25). The number of benzene rings is 2. The third kappa shape index (κ3) is 3.64. The van der Waals surface area contributed by atoms with Crippen molar-refractivity contribution in [1.29, 1.82) is 0 Å². The average molecular weight is 371 g/mol. The van der Waals surface area contributed by atoms with Crippen LogP contribution >= 0.6 is 0 Å². The Labute approximate surface area is 155 Å². The van der Waals surface area contributed by atoms with Gasteiger partial charge in [-0.3, -0.25) is 4.79 Å². The molecule has 0 aliphatic carbocycles. The van der Waals surface area contributed by atoms with Crippen LogP contribution < -0.4 is 20.1 Å². The predicted octanol–water partition coefficient (Wildman–Crippen LogP) is 3.19. The fourth-order valence-corrected chi connectivity index (χ4v) is 3.21. The quantitative estimate of drug-likeness (QED) is 0.868. The molecule has 2 aromatic carbocycles. The van der Waals surface area contributed by atoms with Crippen molar-refractivity contribution in [2.24, 2.45) is 0 Å². The first-order valence-electron chi connectivity index (χ1n) is 8.64. The Balaban J connectivity index is 1.41. The van der Waals surface area contributed by atoms with Crippen LogP contribution in [-0.2, 0) is 4.79 Å². The minimum Gasteiger partial charge on any atom is -0.454 e. The number of ether oxygens (including phenoxy) is 2. The van der Waals surface area contributed by atoms with Gasteiger partial charge in [-0.05, 0) is 49.2 Å². The molecule has 140 valence electrons. The van der Waals surface area contributed by atoms with E-state index in [2.05, 4.69) is 10.6 Å². The number of hydrogen-bond donors (Lipinski definition) is 2. The highest BCUT2D eigenvalue weighted by Crippen LogP contribution is 2.34. The Hall–Kier alpha value is -3.29. The first-order chi connectivity index (χ1) is 13.1. The van der Waals surface area contributed by atoms with Gasteiger partial charge in [0.2, 0.25) is 12.7 Å². The lowest BCUT2D eigenvalue weighted by Gasteiger charge is -2.24.